The SMILES string of the molecule is COc1ccc(C(=O)N2C[C@H](C)N(C3CCN(c4nc(C(CN)(OC5CC5)c5ccc(F)cc5)c5cc(-c6cn(C)c(=O)c7[nH]ccc67)ccc5n4)CC3)C[C@H]2C)cc1N1C=CCNC1. The number of aromatic nitrogens is 4. The highest BCUT2D eigenvalue weighted by atomic mass is 19.1. The summed E-state index contributed by atoms with van der Waals surface area (Å²) in [4.78, 5) is 49.9. The number of piperazine rings is 1. The van der Waals surface area contributed by atoms with Gasteiger partial charge in [0.15, 0.2) is 0 Å². The summed E-state index contributed by atoms with van der Waals surface area (Å²) in [5.74, 6) is 1.00. The van der Waals surface area contributed by atoms with Crippen molar-refractivity contribution in [3.8, 4) is 16.9 Å². The number of pyridine rings is 1. The number of anilines is 2. The zero-order valence-corrected chi connectivity index (χ0v) is 37.5. The highest BCUT2D eigenvalue weighted by molar-refractivity contribution is 5.98. The number of nitrogens with two attached hydrogens (primary N) is 1. The smallest absolute Gasteiger partial charge is 0.274 e. The fourth-order valence-corrected chi connectivity index (χ4v) is 10.2. The summed E-state index contributed by atoms with van der Waals surface area (Å²) in [5, 5.41) is 4.94. The third-order valence-electron chi connectivity index (χ3n) is 13.8. The predicted molar refractivity (Wildman–Crippen MR) is 252 cm³/mol. The van der Waals surface area contributed by atoms with Gasteiger partial charge in [-0.15, -0.1) is 0 Å². The summed E-state index contributed by atoms with van der Waals surface area (Å²) in [6, 6.07) is 20.6. The lowest BCUT2D eigenvalue weighted by Crippen LogP contribution is -2.61. The Morgan fingerprint density at radius 3 is 2.48 bits per heavy atom. The number of ether oxygens (including phenoxy) is 2. The first-order valence-corrected chi connectivity index (χ1v) is 22.8. The van der Waals surface area contributed by atoms with Crippen LogP contribution >= 0.6 is 0 Å². The summed E-state index contributed by atoms with van der Waals surface area (Å²) in [6.07, 6.45) is 11.3. The van der Waals surface area contributed by atoms with Crippen LogP contribution in [-0.2, 0) is 17.4 Å². The van der Waals surface area contributed by atoms with E-state index in [9.17, 15) is 14.0 Å². The molecule has 1 amide bonds. The molecule has 15 heteroatoms. The lowest BCUT2D eigenvalue weighted by atomic mass is 9.86. The first kappa shape index (κ1) is 42.8. The van der Waals surface area contributed by atoms with Gasteiger partial charge in [-0.1, -0.05) is 24.3 Å². The molecule has 3 aromatic carbocycles. The summed E-state index contributed by atoms with van der Waals surface area (Å²) in [5.41, 5.74) is 11.4. The van der Waals surface area contributed by atoms with Crippen molar-refractivity contribution in [1.29, 1.82) is 0 Å². The molecule has 3 fully saturated rings. The van der Waals surface area contributed by atoms with Crippen LogP contribution in [0.2, 0.25) is 0 Å². The van der Waals surface area contributed by atoms with Crippen LogP contribution < -0.4 is 31.1 Å². The number of halogens is 1. The van der Waals surface area contributed by atoms with Gasteiger partial charge in [0.05, 0.1) is 36.8 Å². The minimum absolute atomic E-state index is 0.0116. The first-order valence-electron chi connectivity index (χ1n) is 22.8. The summed E-state index contributed by atoms with van der Waals surface area (Å²) >= 11 is 0. The Bertz CT molecular complexity index is 2830. The van der Waals surface area contributed by atoms with Crippen LogP contribution in [0.25, 0.3) is 32.9 Å². The molecular weight excluding hydrogens is 824 g/mol. The zero-order chi connectivity index (χ0) is 45.0. The van der Waals surface area contributed by atoms with Gasteiger partial charge in [-0.25, -0.2) is 14.4 Å². The van der Waals surface area contributed by atoms with Crippen LogP contribution in [0.5, 0.6) is 5.75 Å². The topological polar surface area (TPSA) is 150 Å². The van der Waals surface area contributed by atoms with Gasteiger partial charge in [0, 0.05) is 105 Å². The van der Waals surface area contributed by atoms with Gasteiger partial charge in [-0.05, 0) is 99.2 Å². The number of amides is 1. The number of methoxy groups -OCH3 is 1. The second kappa shape index (κ2) is 17.3. The van der Waals surface area contributed by atoms with E-state index < -0.39 is 5.60 Å². The number of nitrogens with one attached hydrogen (secondary N) is 2. The molecule has 6 heterocycles. The van der Waals surface area contributed by atoms with E-state index in [0.29, 0.717) is 42.0 Å². The normalized spacial score (nSPS) is 20.7. The lowest BCUT2D eigenvalue weighted by molar-refractivity contribution is -0.0259. The summed E-state index contributed by atoms with van der Waals surface area (Å²) in [6.45, 7) is 8.78. The fourth-order valence-electron chi connectivity index (χ4n) is 10.2. The van der Waals surface area contributed by atoms with Gasteiger partial charge < -0.3 is 39.5 Å². The van der Waals surface area contributed by atoms with Crippen molar-refractivity contribution in [2.75, 3.05) is 62.8 Å². The van der Waals surface area contributed by atoms with E-state index in [1.165, 1.54) is 12.1 Å². The third-order valence-corrected chi connectivity index (χ3v) is 13.8. The molecule has 14 nitrogen and oxygen atoms in total. The molecule has 1 unspecified atom stereocenters. The molecule has 4 N–H and O–H groups in total. The van der Waals surface area contributed by atoms with E-state index in [2.05, 4.69) is 51.0 Å². The molecule has 1 saturated carbocycles. The number of aryl methyl sites for hydroxylation is 1. The molecule has 338 valence electrons. The maximum Gasteiger partial charge on any atom is 0.274 e. The Hall–Kier alpha value is -6.13. The lowest BCUT2D eigenvalue weighted by Gasteiger charge is -2.49. The van der Waals surface area contributed by atoms with Crippen molar-refractivity contribution in [2.24, 2.45) is 12.8 Å². The number of hydrogen-bond donors (Lipinski definition) is 3. The molecule has 2 saturated heterocycles. The number of H-pyrrole nitrogens is 1. The van der Waals surface area contributed by atoms with Gasteiger partial charge in [-0.3, -0.25) is 19.8 Å². The molecule has 6 aromatic rings. The third kappa shape index (κ3) is 7.94. The number of nitrogens with zero attached hydrogens (tertiary/aromatic N) is 7. The average Bonchev–Trinajstić information content (AvgIpc) is 4.02. The quantitative estimate of drug-likeness (QED) is 0.139. The van der Waals surface area contributed by atoms with Crippen molar-refractivity contribution in [2.45, 2.75) is 69.4 Å². The van der Waals surface area contributed by atoms with Gasteiger partial charge >= 0.3 is 0 Å². The number of piperidine rings is 1. The van der Waals surface area contributed by atoms with E-state index in [-0.39, 0.29) is 42.0 Å². The number of carbonyl (C=O) groups is 1. The summed E-state index contributed by atoms with van der Waals surface area (Å²) in [7, 11) is 3.41. The maximum absolute atomic E-state index is 14.5. The van der Waals surface area contributed by atoms with E-state index >= 15 is 0 Å². The van der Waals surface area contributed by atoms with Crippen molar-refractivity contribution in [1.82, 2.24) is 34.6 Å². The van der Waals surface area contributed by atoms with E-state index in [1.54, 1.807) is 37.1 Å². The molecule has 1 aliphatic carbocycles. The number of fused-ring (bicyclic) bond motifs is 2. The van der Waals surface area contributed by atoms with E-state index in [0.717, 1.165) is 96.3 Å². The monoisotopic (exact) mass is 880 g/mol. The Labute approximate surface area is 377 Å². The Kier molecular flexibility index (Phi) is 11.4. The number of hydrogen-bond acceptors (Lipinski definition) is 11. The molecular formula is C50H57FN10O4. The van der Waals surface area contributed by atoms with Crippen LogP contribution in [0.15, 0.2) is 96.2 Å². The number of aromatic amines is 1. The van der Waals surface area contributed by atoms with Crippen molar-refractivity contribution in [3.05, 3.63) is 124 Å². The fraction of sp³-hybridized carbons (Fsp3) is 0.400. The van der Waals surface area contributed by atoms with Crippen molar-refractivity contribution < 1.29 is 18.7 Å². The first-order chi connectivity index (χ1) is 31.5. The van der Waals surface area contributed by atoms with E-state index in [4.69, 9.17) is 25.2 Å². The van der Waals surface area contributed by atoms with Crippen molar-refractivity contribution in [3.63, 3.8) is 0 Å². The zero-order valence-electron chi connectivity index (χ0n) is 37.5. The highest BCUT2D eigenvalue weighted by Gasteiger charge is 2.44. The molecule has 3 aromatic heterocycles. The molecule has 10 rings (SSSR count). The van der Waals surface area contributed by atoms with Crippen LogP contribution in [0.4, 0.5) is 16.0 Å². The average molecular weight is 881 g/mol. The molecule has 4 aliphatic rings. The molecule has 0 bridgehead atoms. The maximum atomic E-state index is 14.5. The molecule has 0 radical (unpaired) electrons. The van der Waals surface area contributed by atoms with Crippen molar-refractivity contribution >= 4 is 39.3 Å². The van der Waals surface area contributed by atoms with E-state index in [1.807, 2.05) is 53.7 Å². The molecule has 0 spiro atoms. The Morgan fingerprint density at radius 2 is 1.75 bits per heavy atom. The van der Waals surface area contributed by atoms with Gasteiger partial charge in [0.25, 0.3) is 11.5 Å². The molecule has 65 heavy (non-hydrogen) atoms. The largest absolute Gasteiger partial charge is 0.495 e. The second-order valence-corrected chi connectivity index (χ2v) is 18.1. The Balaban J connectivity index is 0.932. The highest BCUT2D eigenvalue weighted by Crippen LogP contribution is 2.43. The standard InChI is InChI=1S/C50H57FN10O4/c1-31-27-61(47(62)34-7-15-44(64-4)43(25-34)59-21-5-19-53-30-59)32(2)26-60(31)37-17-22-58(23-18-37)49-55-42-14-6-33(41-28-57(3)48(63)45-39(41)16-20-54-45)24-40(42)46(56-49)50(29-52,65-38-12-13-38)35-8-10-36(51)11-9-35/h5-11,14-16,20-21,24-25,28,31-32,37-38,53-54H,12-13,17-19,22-23,26-27,29-30,52H2,1-4H3/t31-,32+,50?/m0/s1. The molecule has 3 aliphatic heterocycles. The number of rotatable bonds is 11. The summed E-state index contributed by atoms with van der Waals surface area (Å²) < 4.78 is 28.7. The minimum atomic E-state index is -1.19. The minimum Gasteiger partial charge on any atom is -0.495 e. The van der Waals surface area contributed by atoms with Gasteiger partial charge in [0.1, 0.15) is 22.7 Å². The van der Waals surface area contributed by atoms with Crippen LogP contribution in [0.1, 0.15) is 61.1 Å². The second-order valence-electron chi connectivity index (χ2n) is 18.1. The van der Waals surface area contributed by atoms with Gasteiger partial charge in [0.2, 0.25) is 5.95 Å². The van der Waals surface area contributed by atoms with Crippen LogP contribution in [0, 0.1) is 5.82 Å². The Morgan fingerprint density at radius 1 is 0.954 bits per heavy atom. The van der Waals surface area contributed by atoms with Gasteiger partial charge in [-0.2, -0.15) is 0 Å². The number of benzene rings is 3. The number of carbonyl (C=O) groups excluding carboxylic acids is 1. The molecule has 3 atom stereocenters. The van der Waals surface area contributed by atoms with Crippen LogP contribution in [0.3, 0.4) is 0 Å². The predicted octanol–water partition coefficient (Wildman–Crippen LogP) is 6.09. The van der Waals surface area contributed by atoms with Crippen LogP contribution in [-0.4, -0.2) is 113 Å².